The number of fused-ring (bicyclic) bond motifs is 2. The van der Waals surface area contributed by atoms with Gasteiger partial charge in [0.25, 0.3) is 0 Å². The molecule has 158 valence electrons. The van der Waals surface area contributed by atoms with E-state index in [0.717, 1.165) is 11.6 Å². The molecule has 2 unspecified atom stereocenters. The fraction of sp³-hybridized carbons (Fsp3) is 0.333. The molecule has 6 nitrogen and oxygen atoms in total. The highest BCUT2D eigenvalue weighted by Crippen LogP contribution is 2.48. The Morgan fingerprint density at radius 2 is 2.00 bits per heavy atom. The van der Waals surface area contributed by atoms with Gasteiger partial charge in [-0.3, -0.25) is 0 Å². The summed E-state index contributed by atoms with van der Waals surface area (Å²) in [5.41, 5.74) is 5.38. The van der Waals surface area contributed by atoms with Crippen LogP contribution < -0.4 is 21.6 Å². The Morgan fingerprint density at radius 1 is 1.27 bits per heavy atom. The fourth-order valence-corrected chi connectivity index (χ4v) is 4.35. The van der Waals surface area contributed by atoms with Gasteiger partial charge >= 0.3 is 6.18 Å². The van der Waals surface area contributed by atoms with Crippen molar-refractivity contribution in [2.45, 2.75) is 24.6 Å². The standard InChI is InChI=1S/C21H22F3N5O/c1-20-14(7-9-29(20)2)17-16(27-19(25)28-18(17)26-8-10-30)11-15(20)12-5-3-4-6-13(12)21(22,23)24/h3-7,9,11,15,30H,8,10H2,1-2H3,(H3,25,26,27,28). The summed E-state index contributed by atoms with van der Waals surface area (Å²) >= 11 is 0. The molecule has 0 fully saturated rings. The summed E-state index contributed by atoms with van der Waals surface area (Å²) in [5, 5.41) is 13.4. The lowest BCUT2D eigenvalue weighted by Crippen LogP contribution is -2.52. The minimum Gasteiger partial charge on any atom is -0.395 e. The molecule has 0 amide bonds. The van der Waals surface area contributed by atoms with Crippen molar-refractivity contribution in [1.29, 1.82) is 0 Å². The van der Waals surface area contributed by atoms with Crippen LogP contribution in [-0.2, 0) is 6.18 Å². The van der Waals surface area contributed by atoms with Crippen molar-refractivity contribution in [3.8, 4) is 0 Å². The predicted octanol–water partition coefficient (Wildman–Crippen LogP) is 1.43. The number of likely N-dealkylation sites (N-methyl/N-ethyl adjacent to an activating group) is 1. The molecule has 0 radical (unpaired) electrons. The number of benzene rings is 1. The lowest BCUT2D eigenvalue weighted by atomic mass is 9.71. The second-order valence-electron chi connectivity index (χ2n) is 7.56. The molecule has 4 rings (SSSR count). The van der Waals surface area contributed by atoms with Crippen LogP contribution in [0.25, 0.3) is 11.6 Å². The Hall–Kier alpha value is -3.07. The average Bonchev–Trinajstić information content (AvgIpc) is 3.00. The van der Waals surface area contributed by atoms with E-state index in [1.165, 1.54) is 12.1 Å². The van der Waals surface area contributed by atoms with Gasteiger partial charge in [-0.1, -0.05) is 18.2 Å². The molecule has 0 saturated carbocycles. The van der Waals surface area contributed by atoms with E-state index < -0.39 is 23.2 Å². The first-order valence-electron chi connectivity index (χ1n) is 9.50. The monoisotopic (exact) mass is 417 g/mol. The van der Waals surface area contributed by atoms with Gasteiger partial charge < -0.3 is 21.1 Å². The van der Waals surface area contributed by atoms with Gasteiger partial charge in [-0.05, 0) is 42.5 Å². The zero-order chi connectivity index (χ0) is 21.7. The minimum atomic E-state index is -4.48. The molecular formula is C21H22F3N5O. The summed E-state index contributed by atoms with van der Waals surface area (Å²) in [7, 11) is 1.84. The van der Waals surface area contributed by atoms with Crippen molar-refractivity contribution in [3.63, 3.8) is 0 Å². The molecule has 2 atom stereocenters. The van der Waals surface area contributed by atoms with E-state index in [9.17, 15) is 18.3 Å². The van der Waals surface area contributed by atoms with Crippen molar-refractivity contribution < 1.29 is 18.3 Å². The molecule has 1 aliphatic heterocycles. The number of alkyl halides is 3. The molecule has 1 aromatic heterocycles. The zero-order valence-corrected chi connectivity index (χ0v) is 16.5. The quantitative estimate of drug-likeness (QED) is 0.698. The molecule has 9 heteroatoms. The van der Waals surface area contributed by atoms with Gasteiger partial charge in [-0.25, -0.2) is 4.98 Å². The lowest BCUT2D eigenvalue weighted by Gasteiger charge is -2.43. The van der Waals surface area contributed by atoms with Crippen molar-refractivity contribution in [1.82, 2.24) is 14.9 Å². The van der Waals surface area contributed by atoms with E-state index in [-0.39, 0.29) is 24.7 Å². The largest absolute Gasteiger partial charge is 0.416 e. The lowest BCUT2D eigenvalue weighted by molar-refractivity contribution is -0.138. The van der Waals surface area contributed by atoms with Crippen molar-refractivity contribution in [2.24, 2.45) is 0 Å². The van der Waals surface area contributed by atoms with Crippen LogP contribution in [0.15, 0.2) is 36.5 Å². The molecule has 1 aromatic carbocycles. The van der Waals surface area contributed by atoms with E-state index >= 15 is 0 Å². The molecule has 0 saturated heterocycles. The third kappa shape index (κ3) is 3.00. The molecular weight excluding hydrogens is 395 g/mol. The van der Waals surface area contributed by atoms with Gasteiger partial charge in [0.2, 0.25) is 5.95 Å². The smallest absolute Gasteiger partial charge is 0.395 e. The van der Waals surface area contributed by atoms with Crippen LogP contribution in [0.3, 0.4) is 0 Å². The number of halogens is 3. The van der Waals surface area contributed by atoms with Crippen LogP contribution in [0.1, 0.15) is 24.0 Å². The minimum absolute atomic E-state index is 0.00725. The van der Waals surface area contributed by atoms with Gasteiger partial charge in [0.1, 0.15) is 5.82 Å². The molecule has 30 heavy (non-hydrogen) atoms. The van der Waals surface area contributed by atoms with Crippen LogP contribution in [0.5, 0.6) is 0 Å². The van der Waals surface area contributed by atoms with Crippen LogP contribution in [0.2, 0.25) is 0 Å². The van der Waals surface area contributed by atoms with E-state index in [0.29, 0.717) is 16.4 Å². The maximum Gasteiger partial charge on any atom is 0.416 e. The topological polar surface area (TPSA) is 87.3 Å². The maximum atomic E-state index is 13.8. The van der Waals surface area contributed by atoms with Gasteiger partial charge in [-0.15, -0.1) is 0 Å². The SMILES string of the molecule is CN1C=CC2=c3c(NCCO)nc(N)nc3=CC(c3ccccc3C(F)(F)F)C21C. The van der Waals surface area contributed by atoms with E-state index in [1.54, 1.807) is 12.1 Å². The summed E-state index contributed by atoms with van der Waals surface area (Å²) in [5.74, 6) is -0.169. The third-order valence-corrected chi connectivity index (χ3v) is 5.90. The first kappa shape index (κ1) is 20.2. The van der Waals surface area contributed by atoms with Gasteiger partial charge in [0, 0.05) is 24.7 Å². The second-order valence-corrected chi connectivity index (χ2v) is 7.56. The summed E-state index contributed by atoms with van der Waals surface area (Å²) in [6.45, 7) is 2.06. The number of aliphatic hydroxyl groups excluding tert-OH is 1. The highest BCUT2D eigenvalue weighted by molar-refractivity contribution is 5.78. The number of nitrogens with zero attached hydrogens (tertiary/aromatic N) is 3. The molecule has 0 spiro atoms. The molecule has 2 heterocycles. The third-order valence-electron chi connectivity index (χ3n) is 5.90. The van der Waals surface area contributed by atoms with E-state index in [4.69, 9.17) is 5.73 Å². The van der Waals surface area contributed by atoms with Crippen LogP contribution in [0, 0.1) is 0 Å². The van der Waals surface area contributed by atoms with E-state index in [1.807, 2.05) is 31.1 Å². The Labute approximate surface area is 171 Å². The Balaban J connectivity index is 2.04. The number of anilines is 2. The molecule has 2 aliphatic rings. The normalized spacial score (nSPS) is 22.5. The summed E-state index contributed by atoms with van der Waals surface area (Å²) in [4.78, 5) is 10.5. The Bertz CT molecular complexity index is 1140. The second kappa shape index (κ2) is 7.02. The van der Waals surface area contributed by atoms with Crippen molar-refractivity contribution in [2.75, 3.05) is 31.2 Å². The van der Waals surface area contributed by atoms with E-state index in [2.05, 4.69) is 15.3 Å². The number of aliphatic hydroxyl groups is 1. The number of hydrogen-bond donors (Lipinski definition) is 3. The highest BCUT2D eigenvalue weighted by Gasteiger charge is 2.47. The number of hydrogen-bond acceptors (Lipinski definition) is 6. The number of aromatic nitrogens is 2. The Morgan fingerprint density at radius 3 is 2.70 bits per heavy atom. The highest BCUT2D eigenvalue weighted by atomic mass is 19.4. The number of rotatable bonds is 4. The van der Waals surface area contributed by atoms with Crippen molar-refractivity contribution >= 4 is 23.4 Å². The van der Waals surface area contributed by atoms with Gasteiger partial charge in [0.05, 0.1) is 23.1 Å². The Kier molecular flexibility index (Phi) is 4.73. The van der Waals surface area contributed by atoms with Crippen LogP contribution in [0.4, 0.5) is 24.9 Å². The number of nitrogens with one attached hydrogen (secondary N) is 1. The van der Waals surface area contributed by atoms with Gasteiger partial charge in [-0.2, -0.15) is 18.2 Å². The number of nitrogen functional groups attached to an aromatic ring is 1. The van der Waals surface area contributed by atoms with Crippen LogP contribution in [-0.4, -0.2) is 45.7 Å². The molecule has 0 bridgehead atoms. The number of nitrogens with two attached hydrogens (primary N) is 1. The average molecular weight is 417 g/mol. The van der Waals surface area contributed by atoms with Crippen molar-refractivity contribution in [3.05, 3.63) is 58.2 Å². The van der Waals surface area contributed by atoms with Crippen LogP contribution >= 0.6 is 0 Å². The summed E-state index contributed by atoms with van der Waals surface area (Å²) < 4.78 is 41.4. The molecule has 2 aromatic rings. The molecule has 1 aliphatic carbocycles. The summed E-state index contributed by atoms with van der Waals surface area (Å²) in [6, 6.07) is 5.62. The summed E-state index contributed by atoms with van der Waals surface area (Å²) in [6.07, 6.45) is 0.964. The van der Waals surface area contributed by atoms with Gasteiger partial charge in [0.15, 0.2) is 0 Å². The first-order valence-corrected chi connectivity index (χ1v) is 9.50. The predicted molar refractivity (Wildman–Crippen MR) is 109 cm³/mol. The first-order chi connectivity index (χ1) is 14.2. The zero-order valence-electron chi connectivity index (χ0n) is 16.5. The molecule has 4 N–H and O–H groups in total. The fourth-order valence-electron chi connectivity index (χ4n) is 4.35. The maximum absolute atomic E-state index is 13.8.